The molecular weight excluding hydrogens is 308 g/mol. The molecule has 0 fully saturated rings. The van der Waals surface area contributed by atoms with E-state index in [1.165, 1.54) is 102 Å². The highest BCUT2D eigenvalue weighted by molar-refractivity contribution is 7.94. The number of aliphatic hydroxyl groups excluding tert-OH is 2. The van der Waals surface area contributed by atoms with Crippen LogP contribution in [0.25, 0.3) is 0 Å². The number of unbranched alkanes of at least 4 members (excludes halogenated alkanes) is 13. The summed E-state index contributed by atoms with van der Waals surface area (Å²) in [6.45, 7) is 2.27. The molecule has 0 aromatic heterocycles. The summed E-state index contributed by atoms with van der Waals surface area (Å²) in [4.78, 5) is 0. The summed E-state index contributed by atoms with van der Waals surface area (Å²) in [5.41, 5.74) is 0. The van der Waals surface area contributed by atoms with Crippen molar-refractivity contribution in [2.45, 2.75) is 103 Å². The molecule has 0 bridgehead atoms. The lowest BCUT2D eigenvalue weighted by Crippen LogP contribution is -2.17. The zero-order valence-electron chi connectivity index (χ0n) is 15.3. The first kappa shape index (κ1) is 23.2. The van der Waals surface area contributed by atoms with E-state index < -0.39 is 6.10 Å². The molecular formula is C19H40O3S. The van der Waals surface area contributed by atoms with E-state index >= 15 is 0 Å². The summed E-state index contributed by atoms with van der Waals surface area (Å²) in [6.07, 6.45) is 18.6. The molecule has 0 saturated carbocycles. The van der Waals surface area contributed by atoms with Gasteiger partial charge < -0.3 is 14.4 Å². The van der Waals surface area contributed by atoms with Gasteiger partial charge in [0.25, 0.3) is 0 Å². The zero-order valence-corrected chi connectivity index (χ0v) is 16.1. The lowest BCUT2D eigenvalue weighted by molar-refractivity contribution is 0.0603. The predicted molar refractivity (Wildman–Crippen MR) is 102 cm³/mol. The van der Waals surface area contributed by atoms with Crippen molar-refractivity contribution in [3.05, 3.63) is 0 Å². The van der Waals surface area contributed by atoms with Crippen molar-refractivity contribution >= 4 is 12.0 Å². The third-order valence-corrected chi connectivity index (χ3v) is 4.89. The zero-order chi connectivity index (χ0) is 17.0. The Morgan fingerprint density at radius 2 is 1.17 bits per heavy atom. The van der Waals surface area contributed by atoms with Crippen molar-refractivity contribution in [1.29, 1.82) is 0 Å². The van der Waals surface area contributed by atoms with Crippen molar-refractivity contribution in [2.75, 3.05) is 19.0 Å². The van der Waals surface area contributed by atoms with Crippen molar-refractivity contribution < 1.29 is 14.4 Å². The Labute approximate surface area is 148 Å². The van der Waals surface area contributed by atoms with Crippen LogP contribution in [0.15, 0.2) is 0 Å². The first-order valence-electron chi connectivity index (χ1n) is 9.84. The minimum Gasteiger partial charge on any atom is -0.394 e. The lowest BCUT2D eigenvalue weighted by atomic mass is 10.0. The molecule has 23 heavy (non-hydrogen) atoms. The van der Waals surface area contributed by atoms with Crippen LogP contribution in [0.4, 0.5) is 0 Å². The standard InChI is InChI=1S/C19H40O3S/c1-2-3-4-5-6-7-8-9-10-11-12-13-14-15-16-23-22-18-19(21)17-20/h19-21H,2-18H2,1H3. The van der Waals surface area contributed by atoms with E-state index in [0.29, 0.717) is 0 Å². The van der Waals surface area contributed by atoms with Gasteiger partial charge in [-0.2, -0.15) is 0 Å². The van der Waals surface area contributed by atoms with Crippen molar-refractivity contribution in [3.63, 3.8) is 0 Å². The monoisotopic (exact) mass is 348 g/mol. The Balaban J connectivity index is 2.97. The first-order chi connectivity index (χ1) is 11.3. The second-order valence-corrected chi connectivity index (χ2v) is 7.42. The fraction of sp³-hybridized carbons (Fsp3) is 1.00. The maximum absolute atomic E-state index is 9.10. The highest BCUT2D eigenvalue weighted by Gasteiger charge is 2.01. The van der Waals surface area contributed by atoms with Gasteiger partial charge in [0.05, 0.1) is 13.2 Å². The van der Waals surface area contributed by atoms with Gasteiger partial charge in [-0.3, -0.25) is 0 Å². The second-order valence-electron chi connectivity index (χ2n) is 6.54. The molecule has 0 saturated heterocycles. The summed E-state index contributed by atoms with van der Waals surface area (Å²) in [5, 5.41) is 17.7. The van der Waals surface area contributed by atoms with E-state index in [2.05, 4.69) is 6.92 Å². The topological polar surface area (TPSA) is 49.7 Å². The van der Waals surface area contributed by atoms with Crippen molar-refractivity contribution in [3.8, 4) is 0 Å². The van der Waals surface area contributed by atoms with Gasteiger partial charge in [0, 0.05) is 5.75 Å². The Morgan fingerprint density at radius 3 is 1.61 bits per heavy atom. The molecule has 0 aromatic rings. The van der Waals surface area contributed by atoms with Gasteiger partial charge in [0.2, 0.25) is 0 Å². The van der Waals surface area contributed by atoms with Crippen LogP contribution in [0.3, 0.4) is 0 Å². The second kappa shape index (κ2) is 20.3. The summed E-state index contributed by atoms with van der Waals surface area (Å²) >= 11 is 1.41. The molecule has 0 aromatic carbocycles. The SMILES string of the molecule is CCCCCCCCCCCCCCCCSOCC(O)CO. The summed E-state index contributed by atoms with van der Waals surface area (Å²) in [6, 6.07) is 0. The molecule has 0 radical (unpaired) electrons. The average molecular weight is 349 g/mol. The average Bonchev–Trinajstić information content (AvgIpc) is 2.57. The Hall–Kier alpha value is 0.230. The van der Waals surface area contributed by atoms with Crippen LogP contribution in [0, 0.1) is 0 Å². The molecule has 0 amide bonds. The fourth-order valence-corrected chi connectivity index (χ4v) is 3.29. The van der Waals surface area contributed by atoms with E-state index in [-0.39, 0.29) is 13.2 Å². The Kier molecular flexibility index (Phi) is 20.5. The molecule has 1 atom stereocenters. The number of aliphatic hydroxyl groups is 2. The molecule has 1 unspecified atom stereocenters. The normalized spacial score (nSPS) is 12.7. The summed E-state index contributed by atoms with van der Waals surface area (Å²) in [7, 11) is 0. The molecule has 0 aliphatic carbocycles. The van der Waals surface area contributed by atoms with Gasteiger partial charge in [-0.05, 0) is 18.5 Å². The van der Waals surface area contributed by atoms with Crippen LogP contribution in [0.5, 0.6) is 0 Å². The maximum Gasteiger partial charge on any atom is 0.102 e. The molecule has 3 nitrogen and oxygen atoms in total. The van der Waals surface area contributed by atoms with Gasteiger partial charge in [0.15, 0.2) is 0 Å². The molecule has 0 rings (SSSR count). The molecule has 0 heterocycles. The molecule has 0 aliphatic heterocycles. The highest BCUT2D eigenvalue weighted by Crippen LogP contribution is 2.14. The van der Waals surface area contributed by atoms with Crippen LogP contribution in [-0.2, 0) is 4.18 Å². The minimum atomic E-state index is -0.737. The van der Waals surface area contributed by atoms with Gasteiger partial charge in [-0.15, -0.1) is 0 Å². The number of hydrogen-bond donors (Lipinski definition) is 2. The van der Waals surface area contributed by atoms with E-state index in [9.17, 15) is 0 Å². The largest absolute Gasteiger partial charge is 0.394 e. The van der Waals surface area contributed by atoms with Gasteiger partial charge in [0.1, 0.15) is 6.10 Å². The maximum atomic E-state index is 9.10. The third kappa shape index (κ3) is 20.2. The van der Waals surface area contributed by atoms with E-state index in [0.717, 1.165) is 5.75 Å². The lowest BCUT2D eigenvalue weighted by Gasteiger charge is -2.06. The number of hydrogen-bond acceptors (Lipinski definition) is 4. The minimum absolute atomic E-state index is 0.222. The van der Waals surface area contributed by atoms with Crippen LogP contribution in [-0.4, -0.2) is 35.3 Å². The van der Waals surface area contributed by atoms with Gasteiger partial charge in [-0.25, -0.2) is 0 Å². The van der Waals surface area contributed by atoms with Crippen LogP contribution in [0.2, 0.25) is 0 Å². The van der Waals surface area contributed by atoms with E-state index in [4.69, 9.17) is 14.4 Å². The van der Waals surface area contributed by atoms with Crippen LogP contribution < -0.4 is 0 Å². The highest BCUT2D eigenvalue weighted by atomic mass is 32.2. The van der Waals surface area contributed by atoms with Crippen molar-refractivity contribution in [2.24, 2.45) is 0 Å². The van der Waals surface area contributed by atoms with Gasteiger partial charge >= 0.3 is 0 Å². The molecule has 0 aliphatic rings. The molecule has 2 N–H and O–H groups in total. The van der Waals surface area contributed by atoms with E-state index in [1.54, 1.807) is 0 Å². The number of rotatable bonds is 19. The van der Waals surface area contributed by atoms with Crippen LogP contribution >= 0.6 is 12.0 Å². The van der Waals surface area contributed by atoms with Crippen molar-refractivity contribution in [1.82, 2.24) is 0 Å². The molecule has 4 heteroatoms. The van der Waals surface area contributed by atoms with E-state index in [1.807, 2.05) is 0 Å². The third-order valence-electron chi connectivity index (χ3n) is 4.14. The summed E-state index contributed by atoms with van der Waals surface area (Å²) < 4.78 is 5.21. The Morgan fingerprint density at radius 1 is 0.739 bits per heavy atom. The van der Waals surface area contributed by atoms with Crippen LogP contribution in [0.1, 0.15) is 96.8 Å². The smallest absolute Gasteiger partial charge is 0.102 e. The first-order valence-corrected chi connectivity index (χ1v) is 10.8. The predicted octanol–water partition coefficient (Wildman–Crippen LogP) is 5.49. The van der Waals surface area contributed by atoms with Gasteiger partial charge in [-0.1, -0.05) is 90.4 Å². The quantitative estimate of drug-likeness (QED) is 0.239. The summed E-state index contributed by atoms with van der Waals surface area (Å²) in [5.74, 6) is 0.982. The molecule has 0 spiro atoms. The Bertz CT molecular complexity index is 215. The molecule has 140 valence electrons. The fourth-order valence-electron chi connectivity index (χ4n) is 2.59.